The van der Waals surface area contributed by atoms with Gasteiger partial charge in [0.15, 0.2) is 6.10 Å². The Morgan fingerprint density at radius 1 is 1.15 bits per heavy atom. The number of rotatable bonds is 5. The van der Waals surface area contributed by atoms with E-state index >= 15 is 0 Å². The van der Waals surface area contributed by atoms with Crippen LogP contribution in [-0.4, -0.2) is 36.7 Å². The first-order chi connectivity index (χ1) is 12.7. The van der Waals surface area contributed by atoms with Crippen molar-refractivity contribution in [2.24, 2.45) is 0 Å². The van der Waals surface area contributed by atoms with E-state index in [9.17, 15) is 4.79 Å². The number of aromatic nitrogens is 1. The minimum absolute atomic E-state index is 0.0521. The third-order valence-electron chi connectivity index (χ3n) is 4.83. The van der Waals surface area contributed by atoms with Gasteiger partial charge in [0.05, 0.1) is 12.2 Å². The number of ether oxygens (including phenoxy) is 1. The summed E-state index contributed by atoms with van der Waals surface area (Å²) in [6.45, 7) is 2.07. The van der Waals surface area contributed by atoms with Gasteiger partial charge >= 0.3 is 0 Å². The van der Waals surface area contributed by atoms with Crippen LogP contribution < -0.4 is 15.0 Å². The Morgan fingerprint density at radius 2 is 1.96 bits per heavy atom. The van der Waals surface area contributed by atoms with Crippen LogP contribution in [0.2, 0.25) is 0 Å². The number of carbonyl (C=O) groups is 1. The van der Waals surface area contributed by atoms with Crippen molar-refractivity contribution in [1.82, 2.24) is 9.88 Å². The second-order valence-electron chi connectivity index (χ2n) is 6.67. The van der Waals surface area contributed by atoms with Crippen LogP contribution in [0.4, 0.5) is 5.69 Å². The summed E-state index contributed by atoms with van der Waals surface area (Å²) in [5, 5.41) is 4.25. The van der Waals surface area contributed by atoms with Crippen molar-refractivity contribution in [2.75, 3.05) is 25.0 Å². The lowest BCUT2D eigenvalue weighted by Crippen LogP contribution is -2.48. The molecule has 2 heterocycles. The monoisotopic (exact) mass is 349 g/mol. The number of nitrogens with one attached hydrogen (secondary N) is 1. The van der Waals surface area contributed by atoms with Crippen LogP contribution in [0.1, 0.15) is 6.42 Å². The highest BCUT2D eigenvalue weighted by atomic mass is 16.5. The molecule has 1 atom stereocenters. The molecule has 4 rings (SSSR count). The standard InChI is InChI=1S/C21H23N3O2/c1-23-15-20(26-19-10-5-4-9-18(19)23)21(25)22-12-6-13-24-14-11-16-7-2-3-8-17(16)24/h2-5,7-11,14,20H,6,12-13,15H2,1H3,(H,22,25)/t20-/m0/s1. The van der Waals surface area contributed by atoms with Gasteiger partial charge in [-0.1, -0.05) is 30.3 Å². The highest BCUT2D eigenvalue weighted by Crippen LogP contribution is 2.31. The van der Waals surface area contributed by atoms with Crippen molar-refractivity contribution >= 4 is 22.5 Å². The van der Waals surface area contributed by atoms with Gasteiger partial charge in [-0.3, -0.25) is 4.79 Å². The molecule has 5 nitrogen and oxygen atoms in total. The smallest absolute Gasteiger partial charge is 0.262 e. The molecule has 0 radical (unpaired) electrons. The van der Waals surface area contributed by atoms with Crippen LogP contribution in [0.3, 0.4) is 0 Å². The van der Waals surface area contributed by atoms with E-state index in [1.54, 1.807) is 0 Å². The SMILES string of the molecule is CN1C[C@@H](C(=O)NCCCn2ccc3ccccc32)Oc2ccccc21. The summed E-state index contributed by atoms with van der Waals surface area (Å²) in [6.07, 6.45) is 2.51. The van der Waals surface area contributed by atoms with Crippen molar-refractivity contribution in [3.63, 3.8) is 0 Å². The van der Waals surface area contributed by atoms with Gasteiger partial charge in [0.2, 0.25) is 0 Å². The fourth-order valence-corrected chi connectivity index (χ4v) is 3.46. The number of hydrogen-bond donors (Lipinski definition) is 1. The molecular formula is C21H23N3O2. The Balaban J connectivity index is 1.29. The van der Waals surface area contributed by atoms with Crippen LogP contribution in [0, 0.1) is 0 Å². The van der Waals surface area contributed by atoms with Crippen LogP contribution in [0.15, 0.2) is 60.8 Å². The number of amides is 1. The number of para-hydroxylation sites is 3. The number of benzene rings is 2. The summed E-state index contributed by atoms with van der Waals surface area (Å²) < 4.78 is 8.09. The summed E-state index contributed by atoms with van der Waals surface area (Å²) in [4.78, 5) is 14.5. The van der Waals surface area contributed by atoms with E-state index in [-0.39, 0.29) is 5.91 Å². The van der Waals surface area contributed by atoms with Gasteiger partial charge in [-0.25, -0.2) is 0 Å². The summed E-state index contributed by atoms with van der Waals surface area (Å²) in [7, 11) is 1.98. The van der Waals surface area contributed by atoms with Crippen molar-refractivity contribution < 1.29 is 9.53 Å². The maximum Gasteiger partial charge on any atom is 0.262 e. The number of nitrogens with zero attached hydrogens (tertiary/aromatic N) is 2. The second kappa shape index (κ2) is 7.12. The zero-order chi connectivity index (χ0) is 17.9. The van der Waals surface area contributed by atoms with Gasteiger partial charge < -0.3 is 19.5 Å². The van der Waals surface area contributed by atoms with Crippen molar-refractivity contribution in [3.05, 3.63) is 60.8 Å². The molecule has 0 aliphatic carbocycles. The number of likely N-dealkylation sites (N-methyl/N-ethyl adjacent to an activating group) is 1. The van der Waals surface area contributed by atoms with Gasteiger partial charge in [0, 0.05) is 31.9 Å². The summed E-state index contributed by atoms with van der Waals surface area (Å²) >= 11 is 0. The molecule has 1 amide bonds. The van der Waals surface area contributed by atoms with Gasteiger partial charge in [-0.05, 0) is 36.1 Å². The third kappa shape index (κ3) is 3.25. The summed E-state index contributed by atoms with van der Waals surface area (Å²) in [5.74, 6) is 0.712. The molecule has 3 aromatic rings. The first-order valence-electron chi connectivity index (χ1n) is 9.01. The molecule has 5 heteroatoms. The molecular weight excluding hydrogens is 326 g/mol. The third-order valence-corrected chi connectivity index (χ3v) is 4.83. The molecule has 0 unspecified atom stereocenters. The largest absolute Gasteiger partial charge is 0.477 e. The number of anilines is 1. The lowest BCUT2D eigenvalue weighted by molar-refractivity contribution is -0.127. The van der Waals surface area contributed by atoms with Gasteiger partial charge in [-0.2, -0.15) is 0 Å². The molecule has 0 spiro atoms. The maximum atomic E-state index is 12.5. The minimum atomic E-state index is -0.470. The van der Waals surface area contributed by atoms with E-state index < -0.39 is 6.10 Å². The van der Waals surface area contributed by atoms with Gasteiger partial charge in [0.1, 0.15) is 5.75 Å². The zero-order valence-corrected chi connectivity index (χ0v) is 14.9. The predicted octanol–water partition coefficient (Wildman–Crippen LogP) is 3.05. The first kappa shape index (κ1) is 16.5. The fourth-order valence-electron chi connectivity index (χ4n) is 3.46. The van der Waals surface area contributed by atoms with Crippen molar-refractivity contribution in [2.45, 2.75) is 19.1 Å². The molecule has 1 N–H and O–H groups in total. The fraction of sp³-hybridized carbons (Fsp3) is 0.286. The topological polar surface area (TPSA) is 46.5 Å². The van der Waals surface area contributed by atoms with E-state index in [2.05, 4.69) is 45.2 Å². The molecule has 134 valence electrons. The molecule has 1 aliphatic rings. The van der Waals surface area contributed by atoms with E-state index in [0.717, 1.165) is 24.4 Å². The Kier molecular flexibility index (Phi) is 4.52. The lowest BCUT2D eigenvalue weighted by Gasteiger charge is -2.32. The minimum Gasteiger partial charge on any atom is -0.477 e. The normalized spacial score (nSPS) is 16.2. The average molecular weight is 349 g/mol. The first-order valence-corrected chi connectivity index (χ1v) is 9.01. The highest BCUT2D eigenvalue weighted by molar-refractivity contribution is 5.83. The predicted molar refractivity (Wildman–Crippen MR) is 104 cm³/mol. The Labute approximate surface area is 153 Å². The lowest BCUT2D eigenvalue weighted by atomic mass is 10.2. The van der Waals surface area contributed by atoms with E-state index in [1.807, 2.05) is 37.4 Å². The van der Waals surface area contributed by atoms with E-state index in [1.165, 1.54) is 10.9 Å². The Bertz CT molecular complexity index is 918. The summed E-state index contributed by atoms with van der Waals surface area (Å²) in [5.41, 5.74) is 2.25. The van der Waals surface area contributed by atoms with Crippen LogP contribution in [0.25, 0.3) is 10.9 Å². The molecule has 1 aliphatic heterocycles. The Hall–Kier alpha value is -2.95. The molecule has 0 saturated carbocycles. The molecule has 26 heavy (non-hydrogen) atoms. The van der Waals surface area contributed by atoms with Crippen molar-refractivity contribution in [3.8, 4) is 5.75 Å². The highest BCUT2D eigenvalue weighted by Gasteiger charge is 2.28. The molecule has 0 saturated heterocycles. The van der Waals surface area contributed by atoms with E-state index in [4.69, 9.17) is 4.74 Å². The quantitative estimate of drug-likeness (QED) is 0.720. The van der Waals surface area contributed by atoms with Gasteiger partial charge in [0.25, 0.3) is 5.91 Å². The number of carbonyl (C=O) groups excluding carboxylic acids is 1. The average Bonchev–Trinajstić information content (AvgIpc) is 3.08. The molecule has 2 aromatic carbocycles. The van der Waals surface area contributed by atoms with Crippen LogP contribution >= 0.6 is 0 Å². The van der Waals surface area contributed by atoms with Crippen LogP contribution in [0.5, 0.6) is 5.75 Å². The van der Waals surface area contributed by atoms with E-state index in [0.29, 0.717) is 13.1 Å². The molecule has 0 fully saturated rings. The second-order valence-corrected chi connectivity index (χ2v) is 6.67. The number of hydrogen-bond acceptors (Lipinski definition) is 3. The Morgan fingerprint density at radius 3 is 2.88 bits per heavy atom. The zero-order valence-electron chi connectivity index (χ0n) is 14.9. The van der Waals surface area contributed by atoms with Crippen molar-refractivity contribution in [1.29, 1.82) is 0 Å². The molecule has 0 bridgehead atoms. The molecule has 1 aromatic heterocycles. The summed E-state index contributed by atoms with van der Waals surface area (Å²) in [6, 6.07) is 18.3. The van der Waals surface area contributed by atoms with Crippen LogP contribution in [-0.2, 0) is 11.3 Å². The number of aryl methyl sites for hydroxylation is 1. The number of fused-ring (bicyclic) bond motifs is 2. The maximum absolute atomic E-state index is 12.5. The van der Waals surface area contributed by atoms with Gasteiger partial charge in [-0.15, -0.1) is 0 Å².